The largest absolute Gasteiger partial charge is 0.489 e. The highest BCUT2D eigenvalue weighted by atomic mass is 32.1. The van der Waals surface area contributed by atoms with E-state index in [-0.39, 0.29) is 5.69 Å². The molecule has 0 saturated heterocycles. The lowest BCUT2D eigenvalue weighted by molar-refractivity contribution is -0.384. The molecule has 0 atom stereocenters. The van der Waals surface area contributed by atoms with Crippen molar-refractivity contribution in [2.45, 2.75) is 6.61 Å². The highest BCUT2D eigenvalue weighted by Crippen LogP contribution is 2.27. The van der Waals surface area contributed by atoms with Gasteiger partial charge in [0, 0.05) is 18.2 Å². The van der Waals surface area contributed by atoms with Gasteiger partial charge >= 0.3 is 0 Å². The van der Waals surface area contributed by atoms with Gasteiger partial charge in [-0.3, -0.25) is 10.1 Å². The topological polar surface area (TPSA) is 52.4 Å². The van der Waals surface area contributed by atoms with Gasteiger partial charge in [-0.15, -0.1) is 0 Å². The highest BCUT2D eigenvalue weighted by Gasteiger charge is 2.08. The van der Waals surface area contributed by atoms with E-state index < -0.39 is 10.7 Å². The van der Waals surface area contributed by atoms with Gasteiger partial charge < -0.3 is 4.74 Å². The summed E-state index contributed by atoms with van der Waals surface area (Å²) < 4.78 is 19.4. The van der Waals surface area contributed by atoms with Crippen molar-refractivity contribution in [3.05, 3.63) is 80.8 Å². The first-order valence-corrected chi connectivity index (χ1v) is 7.75. The summed E-state index contributed by atoms with van der Waals surface area (Å²) in [6, 6.07) is 12.3. The molecule has 0 aliphatic carbocycles. The zero-order chi connectivity index (χ0) is 16.2. The fourth-order valence-electron chi connectivity index (χ4n) is 2.13. The summed E-state index contributed by atoms with van der Waals surface area (Å²) in [6.45, 7) is 0.368. The van der Waals surface area contributed by atoms with Gasteiger partial charge in [0.05, 0.1) is 4.92 Å². The highest BCUT2D eigenvalue weighted by molar-refractivity contribution is 7.07. The number of nitro benzene ring substituents is 1. The minimum atomic E-state index is -0.468. The Labute approximate surface area is 135 Å². The average molecular weight is 329 g/mol. The molecular weight excluding hydrogens is 317 g/mol. The van der Waals surface area contributed by atoms with Crippen molar-refractivity contribution >= 4 is 17.0 Å². The van der Waals surface area contributed by atoms with E-state index in [0.717, 1.165) is 5.56 Å². The second-order valence-electron chi connectivity index (χ2n) is 4.90. The van der Waals surface area contributed by atoms with E-state index in [1.807, 2.05) is 16.8 Å². The first-order chi connectivity index (χ1) is 11.1. The third-order valence-corrected chi connectivity index (χ3v) is 4.00. The molecule has 0 bridgehead atoms. The maximum Gasteiger partial charge on any atom is 0.269 e. The van der Waals surface area contributed by atoms with Crippen LogP contribution < -0.4 is 4.74 Å². The molecule has 0 saturated carbocycles. The zero-order valence-corrected chi connectivity index (χ0v) is 12.8. The number of nitrogens with zero attached hydrogens (tertiary/aromatic N) is 1. The van der Waals surface area contributed by atoms with Crippen LogP contribution in [-0.2, 0) is 6.61 Å². The number of thiophene rings is 1. The van der Waals surface area contributed by atoms with Crippen molar-refractivity contribution < 1.29 is 14.1 Å². The molecule has 0 aliphatic heterocycles. The molecule has 0 radical (unpaired) electrons. The lowest BCUT2D eigenvalue weighted by atomic mass is 10.0. The van der Waals surface area contributed by atoms with E-state index in [1.165, 1.54) is 24.3 Å². The lowest BCUT2D eigenvalue weighted by Crippen LogP contribution is -1.95. The van der Waals surface area contributed by atoms with Crippen LogP contribution in [0, 0.1) is 15.9 Å². The molecule has 23 heavy (non-hydrogen) atoms. The van der Waals surface area contributed by atoms with Crippen molar-refractivity contribution in [1.82, 2.24) is 0 Å². The maximum absolute atomic E-state index is 13.8. The first kappa shape index (κ1) is 15.2. The van der Waals surface area contributed by atoms with Gasteiger partial charge in [0.1, 0.15) is 18.2 Å². The average Bonchev–Trinajstić information content (AvgIpc) is 3.06. The van der Waals surface area contributed by atoms with Crippen LogP contribution in [0.5, 0.6) is 5.75 Å². The fraction of sp³-hybridized carbons (Fsp3) is 0.0588. The summed E-state index contributed by atoms with van der Waals surface area (Å²) in [4.78, 5) is 10.2. The minimum absolute atomic E-state index is 0.000848. The molecule has 116 valence electrons. The van der Waals surface area contributed by atoms with Crippen LogP contribution in [0.15, 0.2) is 59.3 Å². The number of hydrogen-bond acceptors (Lipinski definition) is 4. The Bertz CT molecular complexity index is 816. The van der Waals surface area contributed by atoms with Crippen molar-refractivity contribution in [1.29, 1.82) is 0 Å². The standard InChI is InChI=1S/C17H12FNO3S/c18-15-7-14(13-1-3-16(4-2-13)19(20)21)8-17(9-15)22-10-12-5-6-23-11-12/h1-9,11H,10H2. The molecule has 0 spiro atoms. The number of hydrogen-bond donors (Lipinski definition) is 0. The molecule has 1 aromatic heterocycles. The molecule has 6 heteroatoms. The van der Waals surface area contributed by atoms with E-state index >= 15 is 0 Å². The van der Waals surface area contributed by atoms with Crippen molar-refractivity contribution in [3.63, 3.8) is 0 Å². The Morgan fingerprint density at radius 2 is 1.87 bits per heavy atom. The zero-order valence-electron chi connectivity index (χ0n) is 11.9. The quantitative estimate of drug-likeness (QED) is 0.486. The fourth-order valence-corrected chi connectivity index (χ4v) is 2.78. The summed E-state index contributed by atoms with van der Waals surface area (Å²) in [5.74, 6) is 0.00530. The summed E-state index contributed by atoms with van der Waals surface area (Å²) in [5, 5.41) is 14.6. The SMILES string of the molecule is O=[N+]([O-])c1ccc(-c2cc(F)cc(OCc3ccsc3)c2)cc1. The number of ether oxygens (including phenoxy) is 1. The number of non-ortho nitro benzene ring substituents is 1. The third kappa shape index (κ3) is 3.73. The van der Waals surface area contributed by atoms with Crippen LogP contribution in [0.25, 0.3) is 11.1 Å². The maximum atomic E-state index is 13.8. The number of nitro groups is 1. The number of rotatable bonds is 5. The predicted octanol–water partition coefficient (Wildman–Crippen LogP) is 5.04. The molecule has 0 aliphatic rings. The Morgan fingerprint density at radius 3 is 2.52 bits per heavy atom. The summed E-state index contributed by atoms with van der Waals surface area (Å²) >= 11 is 1.57. The van der Waals surface area contributed by atoms with E-state index in [4.69, 9.17) is 4.74 Å². The Morgan fingerprint density at radius 1 is 1.09 bits per heavy atom. The van der Waals surface area contributed by atoms with Gasteiger partial charge in [-0.05, 0) is 57.8 Å². The molecule has 4 nitrogen and oxygen atoms in total. The van der Waals surface area contributed by atoms with Gasteiger partial charge in [0.25, 0.3) is 5.69 Å². The smallest absolute Gasteiger partial charge is 0.269 e. The monoisotopic (exact) mass is 329 g/mol. The Hall–Kier alpha value is -2.73. The third-order valence-electron chi connectivity index (χ3n) is 3.27. The molecule has 0 N–H and O–H groups in total. The summed E-state index contributed by atoms with van der Waals surface area (Å²) in [5.41, 5.74) is 2.32. The van der Waals surface area contributed by atoms with Gasteiger partial charge in [-0.2, -0.15) is 11.3 Å². The molecule has 3 aromatic rings. The number of benzene rings is 2. The van der Waals surface area contributed by atoms with Crippen LogP contribution in [0.2, 0.25) is 0 Å². The van der Waals surface area contributed by atoms with E-state index in [1.54, 1.807) is 29.5 Å². The number of halogens is 1. The van der Waals surface area contributed by atoms with Crippen molar-refractivity contribution in [3.8, 4) is 16.9 Å². The predicted molar refractivity (Wildman–Crippen MR) is 87.1 cm³/mol. The van der Waals surface area contributed by atoms with Crippen LogP contribution in [0.3, 0.4) is 0 Å². The van der Waals surface area contributed by atoms with Crippen LogP contribution >= 0.6 is 11.3 Å². The van der Waals surface area contributed by atoms with Crippen LogP contribution in [0.1, 0.15) is 5.56 Å². The normalized spacial score (nSPS) is 10.5. The van der Waals surface area contributed by atoms with Gasteiger partial charge in [0.2, 0.25) is 0 Å². The second-order valence-corrected chi connectivity index (χ2v) is 5.68. The van der Waals surface area contributed by atoms with Gasteiger partial charge in [-0.1, -0.05) is 0 Å². The Kier molecular flexibility index (Phi) is 4.34. The van der Waals surface area contributed by atoms with Gasteiger partial charge in [0.15, 0.2) is 0 Å². The van der Waals surface area contributed by atoms with Gasteiger partial charge in [-0.25, -0.2) is 4.39 Å². The molecule has 1 heterocycles. The molecule has 2 aromatic carbocycles. The molecule has 0 amide bonds. The molecular formula is C17H12FNO3S. The van der Waals surface area contributed by atoms with Crippen molar-refractivity contribution in [2.75, 3.05) is 0 Å². The van der Waals surface area contributed by atoms with E-state index in [2.05, 4.69) is 0 Å². The second kappa shape index (κ2) is 6.58. The lowest BCUT2D eigenvalue weighted by Gasteiger charge is -2.08. The van der Waals surface area contributed by atoms with E-state index in [0.29, 0.717) is 23.5 Å². The van der Waals surface area contributed by atoms with Crippen LogP contribution in [-0.4, -0.2) is 4.92 Å². The first-order valence-electron chi connectivity index (χ1n) is 6.81. The molecule has 0 fully saturated rings. The van der Waals surface area contributed by atoms with Crippen molar-refractivity contribution in [2.24, 2.45) is 0 Å². The Balaban J connectivity index is 1.83. The molecule has 0 unspecified atom stereocenters. The summed E-state index contributed by atoms with van der Waals surface area (Å²) in [7, 11) is 0. The van der Waals surface area contributed by atoms with E-state index in [9.17, 15) is 14.5 Å². The minimum Gasteiger partial charge on any atom is -0.489 e. The molecule has 3 rings (SSSR count). The summed E-state index contributed by atoms with van der Waals surface area (Å²) in [6.07, 6.45) is 0. The van der Waals surface area contributed by atoms with Crippen LogP contribution in [0.4, 0.5) is 10.1 Å².